The Hall–Kier alpha value is -0.860. The van der Waals surface area contributed by atoms with Crippen LogP contribution < -0.4 is 5.32 Å². The molecule has 0 unspecified atom stereocenters. The summed E-state index contributed by atoms with van der Waals surface area (Å²) >= 11 is 0. The van der Waals surface area contributed by atoms with Gasteiger partial charge in [0.25, 0.3) is 0 Å². The van der Waals surface area contributed by atoms with Crippen molar-refractivity contribution in [3.8, 4) is 0 Å². The van der Waals surface area contributed by atoms with Crippen LogP contribution in [0.3, 0.4) is 0 Å². The van der Waals surface area contributed by atoms with Crippen LogP contribution >= 0.6 is 0 Å². The van der Waals surface area contributed by atoms with E-state index >= 15 is 0 Å². The molecule has 2 heteroatoms. The SMILES string of the molecule is Cc1ccc(CN(C)CCNC(C)(C)C)cc1C. The standard InChI is InChI=1S/C16H28N2/c1-13-7-8-15(11-14(13)2)12-18(6)10-9-17-16(3,4)5/h7-8,11,17H,9-10,12H2,1-6H3. The number of nitrogens with one attached hydrogen (secondary N) is 1. The molecule has 1 aromatic rings. The van der Waals surface area contributed by atoms with Gasteiger partial charge in [0.15, 0.2) is 0 Å². The lowest BCUT2D eigenvalue weighted by atomic mass is 10.1. The minimum atomic E-state index is 0.210. The van der Waals surface area contributed by atoms with Gasteiger partial charge in [0.2, 0.25) is 0 Å². The van der Waals surface area contributed by atoms with Crippen LogP contribution in [-0.4, -0.2) is 30.6 Å². The van der Waals surface area contributed by atoms with Crippen molar-refractivity contribution in [1.29, 1.82) is 0 Å². The summed E-state index contributed by atoms with van der Waals surface area (Å²) in [6.45, 7) is 14.1. The Kier molecular flexibility index (Phi) is 5.36. The maximum atomic E-state index is 3.52. The third-order valence-electron chi connectivity index (χ3n) is 3.17. The molecule has 0 aliphatic rings. The van der Waals surface area contributed by atoms with Gasteiger partial charge < -0.3 is 10.2 Å². The molecule has 1 aromatic carbocycles. The normalized spacial score (nSPS) is 12.2. The number of likely N-dealkylation sites (N-methyl/N-ethyl adjacent to an activating group) is 1. The molecule has 2 nitrogen and oxygen atoms in total. The van der Waals surface area contributed by atoms with Crippen molar-refractivity contribution in [2.45, 2.75) is 46.7 Å². The first-order valence-electron chi connectivity index (χ1n) is 6.77. The number of rotatable bonds is 5. The minimum absolute atomic E-state index is 0.210. The van der Waals surface area contributed by atoms with Crippen molar-refractivity contribution in [1.82, 2.24) is 10.2 Å². The Morgan fingerprint density at radius 1 is 1.11 bits per heavy atom. The monoisotopic (exact) mass is 248 g/mol. The molecule has 1 N–H and O–H groups in total. The molecule has 0 bridgehead atoms. The summed E-state index contributed by atoms with van der Waals surface area (Å²) < 4.78 is 0. The second kappa shape index (κ2) is 6.35. The first-order chi connectivity index (χ1) is 8.28. The molecule has 0 spiro atoms. The van der Waals surface area contributed by atoms with Gasteiger partial charge >= 0.3 is 0 Å². The molecule has 102 valence electrons. The topological polar surface area (TPSA) is 15.3 Å². The van der Waals surface area contributed by atoms with Crippen LogP contribution in [-0.2, 0) is 6.54 Å². The Balaban J connectivity index is 2.40. The molecule has 0 amide bonds. The molecule has 0 aromatic heterocycles. The van der Waals surface area contributed by atoms with Gasteiger partial charge in [-0.25, -0.2) is 0 Å². The summed E-state index contributed by atoms with van der Waals surface area (Å²) in [6.07, 6.45) is 0. The second-order valence-corrected chi connectivity index (χ2v) is 6.33. The Labute approximate surface area is 112 Å². The van der Waals surface area contributed by atoms with Crippen molar-refractivity contribution in [3.05, 3.63) is 34.9 Å². The van der Waals surface area contributed by atoms with E-state index in [0.29, 0.717) is 0 Å². The van der Waals surface area contributed by atoms with Crippen molar-refractivity contribution in [2.75, 3.05) is 20.1 Å². The zero-order chi connectivity index (χ0) is 13.8. The fourth-order valence-corrected chi connectivity index (χ4v) is 1.91. The van der Waals surface area contributed by atoms with Gasteiger partial charge in [0.1, 0.15) is 0 Å². The first-order valence-corrected chi connectivity index (χ1v) is 6.77. The molecule has 18 heavy (non-hydrogen) atoms. The fraction of sp³-hybridized carbons (Fsp3) is 0.625. The maximum absolute atomic E-state index is 3.52. The third-order valence-corrected chi connectivity index (χ3v) is 3.17. The van der Waals surface area contributed by atoms with Crippen LogP contribution in [0.2, 0.25) is 0 Å². The van der Waals surface area contributed by atoms with Gasteiger partial charge in [-0.05, 0) is 58.4 Å². The van der Waals surface area contributed by atoms with Crippen LogP contribution in [0.4, 0.5) is 0 Å². The van der Waals surface area contributed by atoms with E-state index in [-0.39, 0.29) is 5.54 Å². The highest BCUT2D eigenvalue weighted by atomic mass is 15.1. The number of benzene rings is 1. The molecule has 0 atom stereocenters. The van der Waals surface area contributed by atoms with E-state index in [0.717, 1.165) is 19.6 Å². The number of hydrogen-bond acceptors (Lipinski definition) is 2. The van der Waals surface area contributed by atoms with Gasteiger partial charge in [0.05, 0.1) is 0 Å². The molecule has 0 radical (unpaired) electrons. The lowest BCUT2D eigenvalue weighted by Crippen LogP contribution is -2.40. The third kappa shape index (κ3) is 5.65. The van der Waals surface area contributed by atoms with Crippen molar-refractivity contribution in [3.63, 3.8) is 0 Å². The van der Waals surface area contributed by atoms with Crippen LogP contribution in [0, 0.1) is 13.8 Å². The largest absolute Gasteiger partial charge is 0.311 e. The van der Waals surface area contributed by atoms with Gasteiger partial charge in [-0.15, -0.1) is 0 Å². The van der Waals surface area contributed by atoms with Crippen LogP contribution in [0.1, 0.15) is 37.5 Å². The summed E-state index contributed by atoms with van der Waals surface area (Å²) in [5.74, 6) is 0. The summed E-state index contributed by atoms with van der Waals surface area (Å²) in [7, 11) is 2.18. The molecule has 0 aliphatic heterocycles. The van der Waals surface area contributed by atoms with E-state index in [2.05, 4.69) is 70.1 Å². The summed E-state index contributed by atoms with van der Waals surface area (Å²) in [4.78, 5) is 2.36. The van der Waals surface area contributed by atoms with Gasteiger partial charge in [-0.1, -0.05) is 18.2 Å². The predicted molar refractivity (Wildman–Crippen MR) is 80.0 cm³/mol. The maximum Gasteiger partial charge on any atom is 0.0231 e. The van der Waals surface area contributed by atoms with Crippen LogP contribution in [0.25, 0.3) is 0 Å². The molecule has 0 aliphatic carbocycles. The zero-order valence-corrected chi connectivity index (χ0v) is 12.8. The Morgan fingerprint density at radius 2 is 1.78 bits per heavy atom. The average molecular weight is 248 g/mol. The summed E-state index contributed by atoms with van der Waals surface area (Å²) in [5, 5.41) is 3.52. The van der Waals surface area contributed by atoms with E-state index in [1.807, 2.05) is 0 Å². The fourth-order valence-electron chi connectivity index (χ4n) is 1.91. The molecular formula is C16H28N2. The zero-order valence-electron chi connectivity index (χ0n) is 12.8. The molecule has 0 fully saturated rings. The average Bonchev–Trinajstić information content (AvgIpc) is 2.21. The minimum Gasteiger partial charge on any atom is -0.311 e. The van der Waals surface area contributed by atoms with Crippen LogP contribution in [0.15, 0.2) is 18.2 Å². The molecule has 1 rings (SSSR count). The Bertz CT molecular complexity index is 377. The smallest absolute Gasteiger partial charge is 0.0231 e. The van der Waals surface area contributed by atoms with E-state index in [9.17, 15) is 0 Å². The summed E-state index contributed by atoms with van der Waals surface area (Å²) in [5.41, 5.74) is 4.36. The number of aryl methyl sites for hydroxylation is 2. The first kappa shape index (κ1) is 15.2. The molecule has 0 saturated heterocycles. The quantitative estimate of drug-likeness (QED) is 0.861. The highest BCUT2D eigenvalue weighted by Crippen LogP contribution is 2.11. The number of hydrogen-bond donors (Lipinski definition) is 1. The molecule has 0 heterocycles. The second-order valence-electron chi connectivity index (χ2n) is 6.33. The molecular weight excluding hydrogens is 220 g/mol. The van der Waals surface area contributed by atoms with Crippen LogP contribution in [0.5, 0.6) is 0 Å². The lowest BCUT2D eigenvalue weighted by molar-refractivity contribution is 0.303. The van der Waals surface area contributed by atoms with Gasteiger partial charge in [-0.2, -0.15) is 0 Å². The van der Waals surface area contributed by atoms with Gasteiger partial charge in [-0.3, -0.25) is 0 Å². The summed E-state index contributed by atoms with van der Waals surface area (Å²) in [6, 6.07) is 6.74. The highest BCUT2D eigenvalue weighted by molar-refractivity contribution is 5.29. The highest BCUT2D eigenvalue weighted by Gasteiger charge is 2.08. The van der Waals surface area contributed by atoms with Gasteiger partial charge in [0, 0.05) is 25.2 Å². The van der Waals surface area contributed by atoms with E-state index in [1.165, 1.54) is 16.7 Å². The van der Waals surface area contributed by atoms with Crippen molar-refractivity contribution in [2.24, 2.45) is 0 Å². The molecule has 0 saturated carbocycles. The lowest BCUT2D eigenvalue weighted by Gasteiger charge is -2.23. The predicted octanol–water partition coefficient (Wildman–Crippen LogP) is 3.12. The van der Waals surface area contributed by atoms with Crippen molar-refractivity contribution < 1.29 is 0 Å². The van der Waals surface area contributed by atoms with E-state index in [4.69, 9.17) is 0 Å². The Morgan fingerprint density at radius 3 is 2.33 bits per heavy atom. The van der Waals surface area contributed by atoms with E-state index in [1.54, 1.807) is 0 Å². The van der Waals surface area contributed by atoms with E-state index < -0.39 is 0 Å². The van der Waals surface area contributed by atoms with Crippen molar-refractivity contribution >= 4 is 0 Å². The number of nitrogens with zero attached hydrogens (tertiary/aromatic N) is 1.